The molecule has 100 valence electrons. The quantitative estimate of drug-likeness (QED) is 0.767. The third kappa shape index (κ3) is 3.08. The Balaban J connectivity index is 1.78. The standard InChI is InChI=1S/C16H14BrN3/c17-14-8-6-13(7-9-14)12-20-11-10-18-16(20)19-15-4-2-1-3-5-15/h1-11H,12H2,(H,18,19). The van der Waals surface area contributed by atoms with Crippen molar-refractivity contribution in [3.8, 4) is 0 Å². The van der Waals surface area contributed by atoms with Crippen molar-refractivity contribution in [3.05, 3.63) is 77.0 Å². The van der Waals surface area contributed by atoms with Crippen LogP contribution in [0.1, 0.15) is 5.56 Å². The maximum Gasteiger partial charge on any atom is 0.207 e. The van der Waals surface area contributed by atoms with Crippen molar-refractivity contribution in [2.45, 2.75) is 6.54 Å². The highest BCUT2D eigenvalue weighted by atomic mass is 79.9. The minimum absolute atomic E-state index is 0.794. The van der Waals surface area contributed by atoms with Crippen LogP contribution in [0.4, 0.5) is 11.6 Å². The van der Waals surface area contributed by atoms with Gasteiger partial charge in [-0.15, -0.1) is 0 Å². The number of para-hydroxylation sites is 1. The van der Waals surface area contributed by atoms with Gasteiger partial charge in [-0.2, -0.15) is 0 Å². The molecule has 0 aliphatic carbocycles. The van der Waals surface area contributed by atoms with Gasteiger partial charge < -0.3 is 9.88 Å². The summed E-state index contributed by atoms with van der Waals surface area (Å²) in [5.74, 6) is 0.846. The summed E-state index contributed by atoms with van der Waals surface area (Å²) in [6, 6.07) is 18.4. The first-order chi connectivity index (χ1) is 9.81. The Bertz CT molecular complexity index is 674. The third-order valence-corrected chi connectivity index (χ3v) is 3.54. The van der Waals surface area contributed by atoms with Crippen molar-refractivity contribution in [1.82, 2.24) is 9.55 Å². The van der Waals surface area contributed by atoms with E-state index < -0.39 is 0 Å². The smallest absolute Gasteiger partial charge is 0.207 e. The first-order valence-corrected chi connectivity index (χ1v) is 7.18. The lowest BCUT2D eigenvalue weighted by Crippen LogP contribution is -2.04. The van der Waals surface area contributed by atoms with Crippen LogP contribution < -0.4 is 5.32 Å². The summed E-state index contributed by atoms with van der Waals surface area (Å²) in [4.78, 5) is 4.37. The molecule has 20 heavy (non-hydrogen) atoms. The second kappa shape index (κ2) is 5.92. The van der Waals surface area contributed by atoms with Gasteiger partial charge in [0, 0.05) is 22.6 Å². The third-order valence-electron chi connectivity index (χ3n) is 3.01. The maximum absolute atomic E-state index is 4.37. The summed E-state index contributed by atoms with van der Waals surface area (Å²) in [6.45, 7) is 0.794. The minimum atomic E-state index is 0.794. The number of benzene rings is 2. The van der Waals surface area contributed by atoms with Gasteiger partial charge >= 0.3 is 0 Å². The Morgan fingerprint density at radius 3 is 2.50 bits per heavy atom. The van der Waals surface area contributed by atoms with Crippen LogP contribution in [0.2, 0.25) is 0 Å². The molecule has 0 radical (unpaired) electrons. The van der Waals surface area contributed by atoms with Crippen LogP contribution in [0.3, 0.4) is 0 Å². The Morgan fingerprint density at radius 2 is 1.75 bits per heavy atom. The number of imidazole rings is 1. The molecular formula is C16H14BrN3. The fraction of sp³-hybridized carbons (Fsp3) is 0.0625. The fourth-order valence-electron chi connectivity index (χ4n) is 2.00. The molecule has 0 bridgehead atoms. The number of aromatic nitrogens is 2. The van der Waals surface area contributed by atoms with Crippen LogP contribution in [0.15, 0.2) is 71.5 Å². The molecule has 0 amide bonds. The molecule has 1 heterocycles. The van der Waals surface area contributed by atoms with Crippen molar-refractivity contribution in [3.63, 3.8) is 0 Å². The summed E-state index contributed by atoms with van der Waals surface area (Å²) in [5, 5.41) is 3.33. The van der Waals surface area contributed by atoms with E-state index in [1.165, 1.54) is 5.56 Å². The van der Waals surface area contributed by atoms with Gasteiger partial charge in [0.2, 0.25) is 5.95 Å². The first-order valence-electron chi connectivity index (χ1n) is 6.39. The second-order valence-corrected chi connectivity index (χ2v) is 5.41. The summed E-state index contributed by atoms with van der Waals surface area (Å²) in [6.07, 6.45) is 3.79. The van der Waals surface area contributed by atoms with E-state index in [1.54, 1.807) is 0 Å². The van der Waals surface area contributed by atoms with Gasteiger partial charge in [-0.05, 0) is 29.8 Å². The second-order valence-electron chi connectivity index (χ2n) is 4.50. The lowest BCUT2D eigenvalue weighted by Gasteiger charge is -2.10. The molecule has 0 spiro atoms. The van der Waals surface area contributed by atoms with Gasteiger partial charge in [0.1, 0.15) is 0 Å². The Labute approximate surface area is 126 Å². The molecule has 0 saturated heterocycles. The van der Waals surface area contributed by atoms with Crippen molar-refractivity contribution in [2.24, 2.45) is 0 Å². The van der Waals surface area contributed by atoms with E-state index in [4.69, 9.17) is 0 Å². The van der Waals surface area contributed by atoms with Gasteiger partial charge in [0.05, 0.1) is 6.54 Å². The Kier molecular flexibility index (Phi) is 3.83. The molecule has 0 unspecified atom stereocenters. The van der Waals surface area contributed by atoms with E-state index in [2.05, 4.69) is 55.1 Å². The molecule has 4 heteroatoms. The Morgan fingerprint density at radius 1 is 1.00 bits per heavy atom. The normalized spacial score (nSPS) is 10.4. The zero-order valence-electron chi connectivity index (χ0n) is 10.8. The van der Waals surface area contributed by atoms with Crippen LogP contribution in [-0.4, -0.2) is 9.55 Å². The lowest BCUT2D eigenvalue weighted by atomic mass is 10.2. The van der Waals surface area contributed by atoms with Crippen LogP contribution in [0.25, 0.3) is 0 Å². The van der Waals surface area contributed by atoms with Crippen molar-refractivity contribution in [2.75, 3.05) is 5.32 Å². The zero-order valence-corrected chi connectivity index (χ0v) is 12.4. The van der Waals surface area contributed by atoms with Gasteiger partial charge in [-0.3, -0.25) is 0 Å². The zero-order chi connectivity index (χ0) is 13.8. The Hall–Kier alpha value is -2.07. The molecule has 0 atom stereocenters. The first kappa shape index (κ1) is 12.9. The highest BCUT2D eigenvalue weighted by Gasteiger charge is 2.03. The van der Waals surface area contributed by atoms with E-state index in [0.29, 0.717) is 0 Å². The predicted molar refractivity (Wildman–Crippen MR) is 85.2 cm³/mol. The molecule has 3 nitrogen and oxygen atoms in total. The van der Waals surface area contributed by atoms with Crippen LogP contribution >= 0.6 is 15.9 Å². The summed E-state index contributed by atoms with van der Waals surface area (Å²) < 4.78 is 3.19. The number of rotatable bonds is 4. The van der Waals surface area contributed by atoms with E-state index in [0.717, 1.165) is 22.7 Å². The number of halogens is 1. The highest BCUT2D eigenvalue weighted by molar-refractivity contribution is 9.10. The largest absolute Gasteiger partial charge is 0.326 e. The monoisotopic (exact) mass is 327 g/mol. The lowest BCUT2D eigenvalue weighted by molar-refractivity contribution is 0.808. The number of nitrogens with one attached hydrogen (secondary N) is 1. The van der Waals surface area contributed by atoms with Gasteiger partial charge in [0.25, 0.3) is 0 Å². The molecule has 1 N–H and O–H groups in total. The van der Waals surface area contributed by atoms with E-state index in [9.17, 15) is 0 Å². The molecule has 0 fully saturated rings. The average molecular weight is 328 g/mol. The van der Waals surface area contributed by atoms with Crippen LogP contribution in [0.5, 0.6) is 0 Å². The van der Waals surface area contributed by atoms with E-state index in [1.807, 2.05) is 42.7 Å². The van der Waals surface area contributed by atoms with Gasteiger partial charge in [-0.25, -0.2) is 4.98 Å². The minimum Gasteiger partial charge on any atom is -0.326 e. The van der Waals surface area contributed by atoms with Crippen molar-refractivity contribution >= 4 is 27.6 Å². The van der Waals surface area contributed by atoms with E-state index in [-0.39, 0.29) is 0 Å². The molecule has 2 aromatic carbocycles. The van der Waals surface area contributed by atoms with Gasteiger partial charge in [0.15, 0.2) is 0 Å². The van der Waals surface area contributed by atoms with Crippen LogP contribution in [-0.2, 0) is 6.54 Å². The van der Waals surface area contributed by atoms with Crippen LogP contribution in [0, 0.1) is 0 Å². The number of nitrogens with zero attached hydrogens (tertiary/aromatic N) is 2. The number of hydrogen-bond acceptors (Lipinski definition) is 2. The molecule has 0 aliphatic heterocycles. The summed E-state index contributed by atoms with van der Waals surface area (Å²) in [7, 11) is 0. The highest BCUT2D eigenvalue weighted by Crippen LogP contribution is 2.17. The molecule has 3 aromatic rings. The average Bonchev–Trinajstić information content (AvgIpc) is 2.90. The number of anilines is 2. The maximum atomic E-state index is 4.37. The summed E-state index contributed by atoms with van der Waals surface area (Å²) in [5.41, 5.74) is 2.28. The van der Waals surface area contributed by atoms with Crippen molar-refractivity contribution < 1.29 is 0 Å². The molecule has 1 aromatic heterocycles. The predicted octanol–water partition coefficient (Wildman–Crippen LogP) is 4.44. The molecule has 3 rings (SSSR count). The molecule has 0 aliphatic rings. The summed E-state index contributed by atoms with van der Waals surface area (Å²) >= 11 is 3.45. The molecule has 0 saturated carbocycles. The number of hydrogen-bond donors (Lipinski definition) is 1. The van der Waals surface area contributed by atoms with E-state index >= 15 is 0 Å². The molecular weight excluding hydrogens is 314 g/mol. The van der Waals surface area contributed by atoms with Gasteiger partial charge in [-0.1, -0.05) is 46.3 Å². The SMILES string of the molecule is Brc1ccc(Cn2ccnc2Nc2ccccc2)cc1. The fourth-order valence-corrected chi connectivity index (χ4v) is 2.26. The van der Waals surface area contributed by atoms with Crippen molar-refractivity contribution in [1.29, 1.82) is 0 Å². The topological polar surface area (TPSA) is 29.9 Å².